The van der Waals surface area contributed by atoms with Gasteiger partial charge in [-0.1, -0.05) is 53.6 Å². The molecule has 0 radical (unpaired) electrons. The van der Waals surface area contributed by atoms with Gasteiger partial charge in [0.05, 0.1) is 18.3 Å². The fourth-order valence-corrected chi connectivity index (χ4v) is 8.63. The van der Waals surface area contributed by atoms with E-state index in [4.69, 9.17) is 24.1 Å². The summed E-state index contributed by atoms with van der Waals surface area (Å²) in [7, 11) is 1.55. The van der Waals surface area contributed by atoms with Gasteiger partial charge in [-0.2, -0.15) is 0 Å². The van der Waals surface area contributed by atoms with Crippen LogP contribution in [0.4, 0.5) is 0 Å². The molecule has 4 atom stereocenters. The molecule has 4 N–H and O–H groups in total. The molecule has 320 valence electrons. The zero-order valence-electron chi connectivity index (χ0n) is 35.8. The molecule has 1 fully saturated rings. The Labute approximate surface area is 351 Å². The van der Waals surface area contributed by atoms with Crippen LogP contribution in [0.25, 0.3) is 12.2 Å². The Morgan fingerprint density at radius 3 is 2.23 bits per heavy atom. The van der Waals surface area contributed by atoms with Gasteiger partial charge in [-0.25, -0.2) is 14.4 Å². The van der Waals surface area contributed by atoms with E-state index in [1.165, 1.54) is 24.6 Å². The van der Waals surface area contributed by atoms with Crippen LogP contribution in [0, 0.1) is 5.92 Å². The maximum Gasteiger partial charge on any atom is 0.340 e. The van der Waals surface area contributed by atoms with Gasteiger partial charge in [0.25, 0.3) is 0 Å². The lowest BCUT2D eigenvalue weighted by Gasteiger charge is -2.50. The highest BCUT2D eigenvalue weighted by atomic mass is 16.6. The number of aromatic hydroxyl groups is 1. The summed E-state index contributed by atoms with van der Waals surface area (Å²) in [6, 6.07) is 7.22. The SMILES string of the molecule is CC(C)=CCCC1(C)C=Cc2c(O)c3c(c(CC=C(C)C)c2O1)OC12C(=CCCC1C(C)(C)OC2(CC=C(C)C(=O)O)C(=O)O)C3=O.COc1ccccc1C=CC(=O)O. The van der Waals surface area contributed by atoms with Crippen LogP contribution in [0.2, 0.25) is 0 Å². The molecule has 12 nitrogen and oxygen atoms in total. The van der Waals surface area contributed by atoms with Crippen LogP contribution >= 0.6 is 0 Å². The summed E-state index contributed by atoms with van der Waals surface area (Å²) < 4.78 is 25.3. The molecule has 0 aromatic heterocycles. The molecule has 1 saturated heterocycles. The molecule has 3 aliphatic heterocycles. The van der Waals surface area contributed by atoms with E-state index in [0.29, 0.717) is 48.3 Å². The van der Waals surface area contributed by atoms with Gasteiger partial charge in [0.1, 0.15) is 34.2 Å². The third-order valence-corrected chi connectivity index (χ3v) is 11.6. The minimum Gasteiger partial charge on any atom is -0.506 e. The number of carbonyl (C=O) groups is 4. The van der Waals surface area contributed by atoms with Gasteiger partial charge in [-0.15, -0.1) is 0 Å². The largest absolute Gasteiger partial charge is 0.506 e. The van der Waals surface area contributed by atoms with E-state index in [9.17, 15) is 34.5 Å². The van der Waals surface area contributed by atoms with Crippen molar-refractivity contribution in [1.29, 1.82) is 0 Å². The second kappa shape index (κ2) is 17.4. The molecule has 4 unspecified atom stereocenters. The van der Waals surface area contributed by atoms with Crippen molar-refractivity contribution in [3.8, 4) is 23.0 Å². The van der Waals surface area contributed by atoms with Crippen molar-refractivity contribution in [3.05, 3.63) is 105 Å². The zero-order chi connectivity index (χ0) is 44.4. The first-order valence-electron chi connectivity index (χ1n) is 20.0. The lowest BCUT2D eigenvalue weighted by Crippen LogP contribution is -2.66. The fourth-order valence-electron chi connectivity index (χ4n) is 8.63. The molecule has 0 amide bonds. The number of ketones is 1. The summed E-state index contributed by atoms with van der Waals surface area (Å²) in [5.41, 5.74) is -1.91. The van der Waals surface area contributed by atoms with Crippen molar-refractivity contribution >= 4 is 35.8 Å². The number of benzene rings is 2. The van der Waals surface area contributed by atoms with E-state index >= 15 is 0 Å². The molecule has 1 aliphatic carbocycles. The number of phenolic OH excluding ortho intramolecular Hbond substituents is 1. The van der Waals surface area contributed by atoms with E-state index in [-0.39, 0.29) is 34.6 Å². The molecule has 0 bridgehead atoms. The zero-order valence-corrected chi connectivity index (χ0v) is 35.8. The topological polar surface area (TPSA) is 186 Å². The summed E-state index contributed by atoms with van der Waals surface area (Å²) in [4.78, 5) is 50.3. The predicted octanol–water partition coefficient (Wildman–Crippen LogP) is 9.31. The number of ether oxygens (including phenoxy) is 4. The second-order valence-corrected chi connectivity index (χ2v) is 16.9. The number of hydrogen-bond donors (Lipinski definition) is 4. The Morgan fingerprint density at radius 1 is 0.933 bits per heavy atom. The van der Waals surface area contributed by atoms with Crippen molar-refractivity contribution in [1.82, 2.24) is 0 Å². The van der Waals surface area contributed by atoms with Crippen LogP contribution in [0.1, 0.15) is 115 Å². The molecule has 1 spiro atoms. The average Bonchev–Trinajstić information content (AvgIpc) is 3.38. The molecule has 2 aromatic rings. The number of rotatable bonds is 12. The molecule has 60 heavy (non-hydrogen) atoms. The molecular formula is C48H56O12. The van der Waals surface area contributed by atoms with Crippen LogP contribution in [0.3, 0.4) is 0 Å². The van der Waals surface area contributed by atoms with Crippen molar-refractivity contribution < 1.29 is 58.6 Å². The average molecular weight is 825 g/mol. The van der Waals surface area contributed by atoms with E-state index in [2.05, 4.69) is 6.08 Å². The smallest absolute Gasteiger partial charge is 0.340 e. The Hall–Kier alpha value is -5.88. The number of carboxylic acids is 3. The number of Topliss-reactive ketones (excluding diaryl/α,β-unsaturated/α-hetero) is 1. The summed E-state index contributed by atoms with van der Waals surface area (Å²) in [5.74, 6) is -3.83. The molecule has 2 aromatic carbocycles. The Bertz CT molecular complexity index is 2260. The van der Waals surface area contributed by atoms with Crippen molar-refractivity contribution in [2.24, 2.45) is 5.92 Å². The number of phenols is 1. The molecule has 0 saturated carbocycles. The highest BCUT2D eigenvalue weighted by molar-refractivity contribution is 6.17. The highest BCUT2D eigenvalue weighted by Gasteiger charge is 2.77. The summed E-state index contributed by atoms with van der Waals surface area (Å²) >= 11 is 0. The lowest BCUT2D eigenvalue weighted by molar-refractivity contribution is -0.184. The van der Waals surface area contributed by atoms with E-state index in [1.54, 1.807) is 45.2 Å². The third-order valence-electron chi connectivity index (χ3n) is 11.6. The number of para-hydroxylation sites is 1. The van der Waals surface area contributed by atoms with Gasteiger partial charge in [-0.3, -0.25) is 4.79 Å². The van der Waals surface area contributed by atoms with Gasteiger partial charge < -0.3 is 39.4 Å². The molecule has 3 heterocycles. The Morgan fingerprint density at radius 2 is 1.62 bits per heavy atom. The van der Waals surface area contributed by atoms with Gasteiger partial charge in [-0.05, 0) is 112 Å². The summed E-state index contributed by atoms with van der Waals surface area (Å²) in [6.07, 6.45) is 15.7. The number of hydrogen-bond acceptors (Lipinski definition) is 9. The van der Waals surface area contributed by atoms with Crippen molar-refractivity contribution in [2.45, 2.75) is 116 Å². The second-order valence-electron chi connectivity index (χ2n) is 16.9. The van der Waals surface area contributed by atoms with E-state index < -0.39 is 52.0 Å². The minimum absolute atomic E-state index is 0.0407. The van der Waals surface area contributed by atoms with E-state index in [1.807, 2.05) is 58.9 Å². The molecule has 4 aliphatic rings. The predicted molar refractivity (Wildman–Crippen MR) is 228 cm³/mol. The Balaban J connectivity index is 0.000000448. The van der Waals surface area contributed by atoms with Crippen LogP contribution in [-0.2, 0) is 25.5 Å². The molecule has 6 rings (SSSR count). The maximum atomic E-state index is 14.7. The van der Waals surface area contributed by atoms with Crippen molar-refractivity contribution in [2.75, 3.05) is 7.11 Å². The molecule has 12 heteroatoms. The quantitative estimate of drug-likeness (QED) is 0.118. The van der Waals surface area contributed by atoms with Crippen LogP contribution < -0.4 is 14.2 Å². The number of methoxy groups -OCH3 is 1. The lowest BCUT2D eigenvalue weighted by atomic mass is 9.60. The molecular weight excluding hydrogens is 769 g/mol. The summed E-state index contributed by atoms with van der Waals surface area (Å²) in [5, 5.41) is 40.8. The number of carbonyl (C=O) groups excluding carboxylic acids is 1. The third kappa shape index (κ3) is 8.43. The Kier molecular flexibility index (Phi) is 13.1. The summed E-state index contributed by atoms with van der Waals surface area (Å²) in [6.45, 7) is 14.9. The normalized spacial score (nSPS) is 24.5. The number of fused-ring (bicyclic) bond motifs is 2. The van der Waals surface area contributed by atoms with Crippen LogP contribution in [-0.4, -0.2) is 73.6 Å². The first-order chi connectivity index (χ1) is 28.1. The first-order valence-corrected chi connectivity index (χ1v) is 20.0. The van der Waals surface area contributed by atoms with Crippen LogP contribution in [0.5, 0.6) is 23.0 Å². The number of allylic oxidation sites excluding steroid dienone is 5. The number of carboxylic acid groups (broad SMARTS) is 3. The van der Waals surface area contributed by atoms with E-state index in [0.717, 1.165) is 23.6 Å². The van der Waals surface area contributed by atoms with Crippen LogP contribution in [0.15, 0.2) is 83.0 Å². The highest BCUT2D eigenvalue weighted by Crippen LogP contribution is 2.64. The first kappa shape index (κ1) is 45.2. The van der Waals surface area contributed by atoms with Gasteiger partial charge >= 0.3 is 17.9 Å². The standard InChI is InChI=1S/C38H46O9.C10H10O3/c1-21(2)11-10-18-36(8)19-17-24-29(39)28-30(40)26-12-9-13-27-35(6,7)47-37(34(43)44,20-16-23(5)33(41)42)38(26,27)46-32(28)25(31(24)45-36)15-14-22(3)4;1-13-9-5-3-2-4-8(9)6-7-10(11)12/h11-12,14,16-17,19,27,39H,9-10,13,15,18,20H2,1-8H3,(H,41,42)(H,43,44);2-7H,1H3,(H,11,12). The van der Waals surface area contributed by atoms with Gasteiger partial charge in [0.15, 0.2) is 11.4 Å². The van der Waals surface area contributed by atoms with Crippen molar-refractivity contribution in [3.63, 3.8) is 0 Å². The van der Waals surface area contributed by atoms with Gasteiger partial charge in [0.2, 0.25) is 5.60 Å². The number of aliphatic carboxylic acids is 3. The van der Waals surface area contributed by atoms with Gasteiger partial charge in [0, 0.05) is 40.7 Å². The maximum absolute atomic E-state index is 14.7. The monoisotopic (exact) mass is 824 g/mol. The fraction of sp³-hybridized carbons (Fsp3) is 0.417. The minimum atomic E-state index is -2.16.